The second-order valence-corrected chi connectivity index (χ2v) is 7.36. The first-order chi connectivity index (χ1) is 17.5. The molecule has 3 aromatic carbocycles. The maximum absolute atomic E-state index is 13.1. The van der Waals surface area contributed by atoms with Crippen LogP contribution in [0.4, 0.5) is 0 Å². The molecular weight excluding hydrogens is 468 g/mol. The molecule has 9 nitrogen and oxygen atoms in total. The van der Waals surface area contributed by atoms with Gasteiger partial charge in [-0.25, -0.2) is 14.4 Å². The Bertz CT molecular complexity index is 1100. The molecule has 0 aliphatic carbocycles. The van der Waals surface area contributed by atoms with Crippen LogP contribution in [0.25, 0.3) is 0 Å². The van der Waals surface area contributed by atoms with Gasteiger partial charge in [-0.1, -0.05) is 36.4 Å². The summed E-state index contributed by atoms with van der Waals surface area (Å²) in [6.45, 7) is -0.718. The monoisotopic (exact) mass is 494 g/mol. The van der Waals surface area contributed by atoms with E-state index in [4.69, 9.17) is 28.4 Å². The molecule has 3 aromatic rings. The highest BCUT2D eigenvalue weighted by Crippen LogP contribution is 2.34. The number of hydrogen-bond donors (Lipinski definition) is 0. The third kappa shape index (κ3) is 6.75. The van der Waals surface area contributed by atoms with Crippen LogP contribution < -0.4 is 14.2 Å². The highest BCUT2D eigenvalue weighted by molar-refractivity contribution is 5.96. The van der Waals surface area contributed by atoms with Crippen molar-refractivity contribution in [3.63, 3.8) is 0 Å². The molecule has 3 rings (SSSR count). The second kappa shape index (κ2) is 12.8. The van der Waals surface area contributed by atoms with E-state index in [-0.39, 0.29) is 30.3 Å². The van der Waals surface area contributed by atoms with Crippen LogP contribution in [0.15, 0.2) is 72.8 Å². The Hall–Kier alpha value is -4.53. The van der Waals surface area contributed by atoms with Gasteiger partial charge >= 0.3 is 17.9 Å². The molecule has 0 saturated carbocycles. The Balaban J connectivity index is 1.78. The fourth-order valence-corrected chi connectivity index (χ4v) is 3.19. The molecule has 0 aliphatic heterocycles. The topological polar surface area (TPSA) is 107 Å². The lowest BCUT2D eigenvalue weighted by Gasteiger charge is -2.20. The molecule has 0 heterocycles. The minimum atomic E-state index is -1.12. The van der Waals surface area contributed by atoms with E-state index < -0.39 is 24.0 Å². The summed E-state index contributed by atoms with van der Waals surface area (Å²) in [5, 5.41) is 0. The first-order valence-electron chi connectivity index (χ1n) is 10.9. The highest BCUT2D eigenvalue weighted by Gasteiger charge is 2.27. The van der Waals surface area contributed by atoms with Gasteiger partial charge in [0.05, 0.1) is 32.5 Å². The second-order valence-electron chi connectivity index (χ2n) is 7.36. The van der Waals surface area contributed by atoms with E-state index in [2.05, 4.69) is 0 Å². The minimum Gasteiger partial charge on any atom is -0.496 e. The summed E-state index contributed by atoms with van der Waals surface area (Å²) in [5.74, 6) is -1.36. The van der Waals surface area contributed by atoms with Crippen LogP contribution >= 0.6 is 0 Å². The van der Waals surface area contributed by atoms with Crippen molar-refractivity contribution < 1.29 is 42.8 Å². The van der Waals surface area contributed by atoms with Gasteiger partial charge in [0.2, 0.25) is 0 Å². The number of hydrogen-bond acceptors (Lipinski definition) is 9. The van der Waals surface area contributed by atoms with Gasteiger partial charge in [0.15, 0.2) is 6.10 Å². The summed E-state index contributed by atoms with van der Waals surface area (Å²) in [4.78, 5) is 38.0. The van der Waals surface area contributed by atoms with Crippen LogP contribution in [0.3, 0.4) is 0 Å². The number of methoxy groups -OCH3 is 3. The third-order valence-corrected chi connectivity index (χ3v) is 5.01. The molecular formula is C27H26O9. The summed E-state index contributed by atoms with van der Waals surface area (Å²) in [6, 6.07) is 19.7. The van der Waals surface area contributed by atoms with Crippen LogP contribution in [0.2, 0.25) is 0 Å². The van der Waals surface area contributed by atoms with Crippen LogP contribution in [0.5, 0.6) is 17.2 Å². The molecule has 0 N–H and O–H groups in total. The summed E-state index contributed by atoms with van der Waals surface area (Å²) < 4.78 is 32.1. The highest BCUT2D eigenvalue weighted by atomic mass is 16.6. The van der Waals surface area contributed by atoms with Gasteiger partial charge in [-0.15, -0.1) is 0 Å². The van der Waals surface area contributed by atoms with Crippen molar-refractivity contribution in [2.45, 2.75) is 6.10 Å². The largest absolute Gasteiger partial charge is 0.496 e. The fourth-order valence-electron chi connectivity index (χ4n) is 3.19. The quantitative estimate of drug-likeness (QED) is 0.289. The average Bonchev–Trinajstić information content (AvgIpc) is 2.93. The molecule has 0 fully saturated rings. The Labute approximate surface area is 208 Å². The van der Waals surface area contributed by atoms with Gasteiger partial charge in [0, 0.05) is 12.1 Å². The van der Waals surface area contributed by atoms with E-state index in [0.717, 1.165) is 0 Å². The first kappa shape index (κ1) is 26.1. The minimum absolute atomic E-state index is 0.00503. The lowest BCUT2D eigenvalue weighted by Crippen LogP contribution is -2.31. The molecule has 0 aliphatic rings. The Morgan fingerprint density at radius 2 is 1.08 bits per heavy atom. The molecule has 36 heavy (non-hydrogen) atoms. The molecule has 0 radical (unpaired) electrons. The third-order valence-electron chi connectivity index (χ3n) is 5.01. The predicted molar refractivity (Wildman–Crippen MR) is 129 cm³/mol. The van der Waals surface area contributed by atoms with Gasteiger partial charge in [-0.05, 0) is 24.3 Å². The Morgan fingerprint density at radius 3 is 1.47 bits per heavy atom. The molecule has 0 atom stereocenters. The Kier molecular flexibility index (Phi) is 9.27. The summed E-state index contributed by atoms with van der Waals surface area (Å²) in [7, 11) is 4.22. The zero-order valence-electron chi connectivity index (χ0n) is 20.1. The molecule has 0 unspecified atom stereocenters. The van der Waals surface area contributed by atoms with Gasteiger partial charge in [0.1, 0.15) is 36.0 Å². The lowest BCUT2D eigenvalue weighted by molar-refractivity contribution is -0.0256. The average molecular weight is 494 g/mol. The van der Waals surface area contributed by atoms with Crippen molar-refractivity contribution >= 4 is 17.9 Å². The van der Waals surface area contributed by atoms with Crippen LogP contribution in [-0.4, -0.2) is 58.6 Å². The van der Waals surface area contributed by atoms with Crippen molar-refractivity contribution in [3.05, 3.63) is 89.5 Å². The normalized spacial score (nSPS) is 10.3. The molecule has 0 saturated heterocycles. The number of carbonyl (C=O) groups excluding carboxylic acids is 3. The lowest BCUT2D eigenvalue weighted by atomic mass is 10.1. The maximum atomic E-state index is 13.1. The number of ether oxygens (including phenoxy) is 6. The van der Waals surface area contributed by atoms with Crippen LogP contribution in [0, 0.1) is 0 Å². The van der Waals surface area contributed by atoms with Crippen LogP contribution in [-0.2, 0) is 14.2 Å². The van der Waals surface area contributed by atoms with Crippen LogP contribution in [0.1, 0.15) is 31.1 Å². The molecule has 0 aromatic heterocycles. The smallest absolute Gasteiger partial charge is 0.346 e. The fraction of sp³-hybridized carbons (Fsp3) is 0.222. The SMILES string of the molecule is COc1cc(OC)c(C(=O)OC(COC(=O)c2ccccc2)COC(=O)c2ccccc2)c(OC)c1. The van der Waals surface area contributed by atoms with E-state index in [1.807, 2.05) is 0 Å². The summed E-state index contributed by atoms with van der Waals surface area (Å²) >= 11 is 0. The van der Waals surface area contributed by atoms with Gasteiger partial charge < -0.3 is 28.4 Å². The maximum Gasteiger partial charge on any atom is 0.346 e. The van der Waals surface area contributed by atoms with Crippen molar-refractivity contribution in [3.8, 4) is 17.2 Å². The summed E-state index contributed by atoms with van der Waals surface area (Å²) in [5.41, 5.74) is 0.638. The first-order valence-corrected chi connectivity index (χ1v) is 10.9. The molecule has 0 amide bonds. The van der Waals surface area contributed by atoms with E-state index in [1.54, 1.807) is 60.7 Å². The number of rotatable bonds is 11. The zero-order valence-corrected chi connectivity index (χ0v) is 20.1. The van der Waals surface area contributed by atoms with Gasteiger partial charge in [-0.3, -0.25) is 0 Å². The molecule has 9 heteroatoms. The van der Waals surface area contributed by atoms with Crippen molar-refractivity contribution in [1.82, 2.24) is 0 Å². The van der Waals surface area contributed by atoms with Crippen molar-refractivity contribution in [2.24, 2.45) is 0 Å². The standard InChI is InChI=1S/C27H26O9/c1-31-20-14-22(32-2)24(23(15-20)33-3)27(30)36-21(16-34-25(28)18-10-6-4-7-11-18)17-35-26(29)19-12-8-5-9-13-19/h4-15,21H,16-17H2,1-3H3. The van der Waals surface area contributed by atoms with Crippen molar-refractivity contribution in [1.29, 1.82) is 0 Å². The van der Waals surface area contributed by atoms with Gasteiger partial charge in [-0.2, -0.15) is 0 Å². The molecule has 188 valence electrons. The van der Waals surface area contributed by atoms with E-state index in [0.29, 0.717) is 16.9 Å². The van der Waals surface area contributed by atoms with E-state index >= 15 is 0 Å². The molecule has 0 spiro atoms. The molecule has 0 bridgehead atoms. The van der Waals surface area contributed by atoms with Gasteiger partial charge in [0.25, 0.3) is 0 Å². The zero-order chi connectivity index (χ0) is 25.9. The predicted octanol–water partition coefficient (Wildman–Crippen LogP) is 3.95. The van der Waals surface area contributed by atoms with E-state index in [9.17, 15) is 14.4 Å². The van der Waals surface area contributed by atoms with Crippen molar-refractivity contribution in [2.75, 3.05) is 34.5 Å². The number of carbonyl (C=O) groups is 3. The number of esters is 3. The summed E-state index contributed by atoms with van der Waals surface area (Å²) in [6.07, 6.45) is -1.12. The Morgan fingerprint density at radius 1 is 0.639 bits per heavy atom. The number of benzene rings is 3. The van der Waals surface area contributed by atoms with E-state index in [1.165, 1.54) is 33.5 Å².